The minimum Gasteiger partial charge on any atom is -0.497 e. The van der Waals surface area contributed by atoms with E-state index in [1.165, 1.54) is 6.07 Å². The van der Waals surface area contributed by atoms with E-state index in [-0.39, 0.29) is 16.8 Å². The first-order valence-corrected chi connectivity index (χ1v) is 11.0. The molecular weight excluding hydrogens is 394 g/mol. The summed E-state index contributed by atoms with van der Waals surface area (Å²) in [5.74, 6) is 0.491. The monoisotopic (exact) mass is 419 g/mol. The van der Waals surface area contributed by atoms with Crippen molar-refractivity contribution in [2.45, 2.75) is 43.3 Å². The number of nitrogens with one attached hydrogen (secondary N) is 2. The molecule has 1 saturated heterocycles. The summed E-state index contributed by atoms with van der Waals surface area (Å²) < 4.78 is 35.3. The molecule has 2 aliphatic rings. The third kappa shape index (κ3) is 3.58. The highest BCUT2D eigenvalue weighted by Gasteiger charge is 2.44. The largest absolute Gasteiger partial charge is 0.497 e. The maximum Gasteiger partial charge on any atom is 0.257 e. The van der Waals surface area contributed by atoms with Gasteiger partial charge in [-0.3, -0.25) is 9.48 Å². The van der Waals surface area contributed by atoms with Gasteiger partial charge in [-0.2, -0.15) is 9.82 Å². The lowest BCUT2D eigenvalue weighted by atomic mass is 9.96. The molecule has 9 nitrogen and oxygen atoms in total. The minimum absolute atomic E-state index is 0.0903. The van der Waals surface area contributed by atoms with Crippen LogP contribution in [0.2, 0.25) is 0 Å². The van der Waals surface area contributed by atoms with Gasteiger partial charge in [0.25, 0.3) is 5.91 Å². The predicted molar refractivity (Wildman–Crippen MR) is 107 cm³/mol. The van der Waals surface area contributed by atoms with Crippen LogP contribution < -0.4 is 14.8 Å². The second-order valence-corrected chi connectivity index (χ2v) is 9.42. The Labute approximate surface area is 170 Å². The summed E-state index contributed by atoms with van der Waals surface area (Å²) in [6.45, 7) is 4.86. The summed E-state index contributed by atoms with van der Waals surface area (Å²) in [4.78, 5) is 14.8. The van der Waals surface area contributed by atoms with Gasteiger partial charge in [-0.1, -0.05) is 0 Å². The standard InChI is InChI=1S/C19H25N5O4S/c1-13(2)24-12-14(11-20-24)18(25)23-8-6-19(7-9-23)21-16-10-15(28-3)4-5-17(16)29(26,27)22-19/h4-5,10-13,21-22H,6-9H2,1-3H3. The first kappa shape index (κ1) is 19.7. The van der Waals surface area contributed by atoms with E-state index in [2.05, 4.69) is 15.1 Å². The van der Waals surface area contributed by atoms with Crippen molar-refractivity contribution in [3.8, 4) is 5.75 Å². The van der Waals surface area contributed by atoms with E-state index in [1.807, 2.05) is 13.8 Å². The van der Waals surface area contributed by atoms with Gasteiger partial charge in [0.1, 0.15) is 16.3 Å². The van der Waals surface area contributed by atoms with Crippen LogP contribution in [0.15, 0.2) is 35.5 Å². The molecule has 0 unspecified atom stereocenters. The lowest BCUT2D eigenvalue weighted by Gasteiger charge is -2.45. The van der Waals surface area contributed by atoms with Crippen LogP contribution >= 0.6 is 0 Å². The summed E-state index contributed by atoms with van der Waals surface area (Å²) in [6, 6.07) is 5.02. The number of hydrogen-bond donors (Lipinski definition) is 2. The Morgan fingerprint density at radius 2 is 2.00 bits per heavy atom. The average Bonchev–Trinajstić information content (AvgIpc) is 3.17. The van der Waals surface area contributed by atoms with Crippen LogP contribution in [0.25, 0.3) is 0 Å². The zero-order chi connectivity index (χ0) is 20.8. The number of sulfonamides is 1. The van der Waals surface area contributed by atoms with E-state index in [1.54, 1.807) is 41.2 Å². The normalized spacial score (nSPS) is 19.7. The summed E-state index contributed by atoms with van der Waals surface area (Å²) in [5, 5.41) is 7.56. The molecule has 0 bridgehead atoms. The first-order chi connectivity index (χ1) is 13.7. The molecule has 1 fully saturated rings. The number of fused-ring (bicyclic) bond motifs is 1. The Hall–Kier alpha value is -2.59. The Morgan fingerprint density at radius 3 is 2.62 bits per heavy atom. The lowest BCUT2D eigenvalue weighted by molar-refractivity contribution is 0.0675. The summed E-state index contributed by atoms with van der Waals surface area (Å²) in [6.07, 6.45) is 4.23. The Morgan fingerprint density at radius 1 is 1.28 bits per heavy atom. The Bertz CT molecular complexity index is 1040. The second-order valence-electron chi connectivity index (χ2n) is 7.77. The molecule has 0 atom stereocenters. The van der Waals surface area contributed by atoms with E-state index in [0.29, 0.717) is 42.9 Å². The predicted octanol–water partition coefficient (Wildman–Crippen LogP) is 1.81. The molecule has 0 radical (unpaired) electrons. The first-order valence-electron chi connectivity index (χ1n) is 9.57. The number of rotatable bonds is 3. The topological polar surface area (TPSA) is 106 Å². The number of amides is 1. The number of benzene rings is 1. The van der Waals surface area contributed by atoms with Crippen LogP contribution in [0.1, 0.15) is 43.1 Å². The molecule has 0 saturated carbocycles. The van der Waals surface area contributed by atoms with Crippen LogP contribution in [0.5, 0.6) is 5.75 Å². The zero-order valence-corrected chi connectivity index (χ0v) is 17.5. The molecule has 4 rings (SSSR count). The molecule has 2 N–H and O–H groups in total. The molecule has 1 spiro atoms. The second kappa shape index (κ2) is 7.03. The van der Waals surface area contributed by atoms with E-state index < -0.39 is 15.7 Å². The van der Waals surface area contributed by atoms with Crippen LogP contribution in [0, 0.1) is 0 Å². The Balaban J connectivity index is 1.51. The number of ether oxygens (including phenoxy) is 1. The van der Waals surface area contributed by atoms with Crippen LogP contribution in [0.4, 0.5) is 5.69 Å². The van der Waals surface area contributed by atoms with Crippen molar-refractivity contribution in [3.05, 3.63) is 36.2 Å². The molecule has 2 aromatic rings. The zero-order valence-electron chi connectivity index (χ0n) is 16.7. The van der Waals surface area contributed by atoms with Gasteiger partial charge in [-0.05, 0) is 26.0 Å². The van der Waals surface area contributed by atoms with Gasteiger partial charge >= 0.3 is 0 Å². The number of carbonyl (C=O) groups excluding carboxylic acids is 1. The minimum atomic E-state index is -3.66. The SMILES string of the molecule is COc1ccc2c(c1)NC1(CCN(C(=O)c3cnn(C(C)C)c3)CC1)NS2(=O)=O. The summed E-state index contributed by atoms with van der Waals surface area (Å²) >= 11 is 0. The van der Waals surface area contributed by atoms with Crippen LogP contribution in [-0.2, 0) is 10.0 Å². The molecule has 10 heteroatoms. The number of aromatic nitrogens is 2. The fourth-order valence-electron chi connectivity index (χ4n) is 3.80. The van der Waals surface area contributed by atoms with Crippen molar-refractivity contribution < 1.29 is 17.9 Å². The van der Waals surface area contributed by atoms with E-state index in [0.717, 1.165) is 0 Å². The van der Waals surface area contributed by atoms with Crippen molar-refractivity contribution >= 4 is 21.6 Å². The van der Waals surface area contributed by atoms with Crippen molar-refractivity contribution in [2.75, 3.05) is 25.5 Å². The van der Waals surface area contributed by atoms with E-state index in [9.17, 15) is 13.2 Å². The fraction of sp³-hybridized carbons (Fsp3) is 0.474. The quantitative estimate of drug-likeness (QED) is 0.786. The molecule has 2 aliphatic heterocycles. The van der Waals surface area contributed by atoms with Crippen LogP contribution in [-0.4, -0.2) is 54.9 Å². The van der Waals surface area contributed by atoms with E-state index in [4.69, 9.17) is 4.74 Å². The molecule has 3 heterocycles. The summed E-state index contributed by atoms with van der Waals surface area (Å²) in [7, 11) is -2.12. The maximum absolute atomic E-state index is 12.8. The lowest BCUT2D eigenvalue weighted by Crippen LogP contribution is -2.62. The Kier molecular flexibility index (Phi) is 4.78. The number of carbonyl (C=O) groups is 1. The number of likely N-dealkylation sites (tertiary alicyclic amines) is 1. The van der Waals surface area contributed by atoms with Crippen molar-refractivity contribution in [3.63, 3.8) is 0 Å². The third-order valence-corrected chi connectivity index (χ3v) is 7.06. The molecule has 1 amide bonds. The number of piperidine rings is 1. The molecule has 156 valence electrons. The molecule has 29 heavy (non-hydrogen) atoms. The number of anilines is 1. The fourth-order valence-corrected chi connectivity index (χ4v) is 5.32. The van der Waals surface area contributed by atoms with Gasteiger partial charge in [0.15, 0.2) is 0 Å². The van der Waals surface area contributed by atoms with Gasteiger partial charge < -0.3 is 15.0 Å². The highest BCUT2D eigenvalue weighted by molar-refractivity contribution is 7.89. The summed E-state index contributed by atoms with van der Waals surface area (Å²) in [5.41, 5.74) is 0.236. The highest BCUT2D eigenvalue weighted by atomic mass is 32.2. The van der Waals surface area contributed by atoms with Crippen LogP contribution in [0.3, 0.4) is 0 Å². The highest BCUT2D eigenvalue weighted by Crippen LogP contribution is 2.37. The van der Waals surface area contributed by atoms with Crippen molar-refractivity contribution in [1.29, 1.82) is 0 Å². The molecule has 1 aromatic heterocycles. The molecule has 0 aliphatic carbocycles. The molecular formula is C19H25N5O4S. The number of nitrogens with zero attached hydrogens (tertiary/aromatic N) is 3. The third-order valence-electron chi connectivity index (χ3n) is 5.46. The van der Waals surface area contributed by atoms with Gasteiger partial charge in [0.05, 0.1) is 24.6 Å². The van der Waals surface area contributed by atoms with Crippen molar-refractivity contribution in [1.82, 2.24) is 19.4 Å². The van der Waals surface area contributed by atoms with Gasteiger partial charge in [0, 0.05) is 44.2 Å². The smallest absolute Gasteiger partial charge is 0.257 e. The van der Waals surface area contributed by atoms with Gasteiger partial charge in [0.2, 0.25) is 10.0 Å². The number of methoxy groups -OCH3 is 1. The van der Waals surface area contributed by atoms with E-state index >= 15 is 0 Å². The van der Waals surface area contributed by atoms with Gasteiger partial charge in [-0.25, -0.2) is 8.42 Å². The maximum atomic E-state index is 12.8. The number of hydrogen-bond acceptors (Lipinski definition) is 6. The van der Waals surface area contributed by atoms with Gasteiger partial charge in [-0.15, -0.1) is 0 Å². The van der Waals surface area contributed by atoms with Crippen molar-refractivity contribution in [2.24, 2.45) is 0 Å². The molecule has 1 aromatic carbocycles. The average molecular weight is 420 g/mol.